The first-order chi connectivity index (χ1) is 12.7. The number of ether oxygens (including phenoxy) is 3. The Morgan fingerprint density at radius 2 is 1.92 bits per heavy atom. The lowest BCUT2D eigenvalue weighted by Crippen LogP contribution is -2.28. The molecule has 0 radical (unpaired) electrons. The molecule has 1 aliphatic rings. The van der Waals surface area contributed by atoms with Crippen LogP contribution in [0.2, 0.25) is 5.02 Å². The molecule has 0 saturated heterocycles. The van der Waals surface area contributed by atoms with Crippen LogP contribution in [0.25, 0.3) is 10.8 Å². The molecule has 0 aliphatic carbocycles. The van der Waals surface area contributed by atoms with Gasteiger partial charge in [-0.25, -0.2) is 0 Å². The number of benzene rings is 3. The highest BCUT2D eigenvalue weighted by molar-refractivity contribution is 6.32. The van der Waals surface area contributed by atoms with Crippen molar-refractivity contribution in [2.75, 3.05) is 19.9 Å². The molecule has 3 aromatic carbocycles. The minimum absolute atomic E-state index is 0.111. The maximum absolute atomic E-state index is 12.3. The highest BCUT2D eigenvalue weighted by atomic mass is 35.5. The van der Waals surface area contributed by atoms with E-state index < -0.39 is 0 Å². The van der Waals surface area contributed by atoms with Gasteiger partial charge < -0.3 is 19.5 Å². The summed E-state index contributed by atoms with van der Waals surface area (Å²) in [5.41, 5.74) is 0.421. The van der Waals surface area contributed by atoms with E-state index in [0.29, 0.717) is 35.2 Å². The standard InChI is InChI=1S/C20H16ClNO4/c21-17-10-15(11-18-19(17)26-12-25-18)20(23)22-7-8-24-16-6-5-13-3-1-2-4-14(13)9-16/h1-6,9-11H,7-8,12H2,(H,22,23). The van der Waals surface area contributed by atoms with Gasteiger partial charge in [-0.1, -0.05) is 41.9 Å². The second kappa shape index (κ2) is 7.14. The summed E-state index contributed by atoms with van der Waals surface area (Å²) in [6.07, 6.45) is 0. The fourth-order valence-electron chi connectivity index (χ4n) is 2.79. The number of hydrogen-bond acceptors (Lipinski definition) is 4. The number of hydrogen-bond donors (Lipinski definition) is 1. The molecule has 0 aromatic heterocycles. The molecule has 0 atom stereocenters. The van der Waals surface area contributed by atoms with Crippen LogP contribution in [0.4, 0.5) is 0 Å². The van der Waals surface area contributed by atoms with Crippen LogP contribution in [-0.4, -0.2) is 25.9 Å². The van der Waals surface area contributed by atoms with Gasteiger partial charge in [-0.2, -0.15) is 0 Å². The number of halogens is 1. The summed E-state index contributed by atoms with van der Waals surface area (Å²) in [4.78, 5) is 12.3. The van der Waals surface area contributed by atoms with Crippen LogP contribution < -0.4 is 19.5 Å². The van der Waals surface area contributed by atoms with Crippen LogP contribution in [0.1, 0.15) is 10.4 Å². The van der Waals surface area contributed by atoms with E-state index in [-0.39, 0.29) is 12.7 Å². The molecule has 4 rings (SSSR count). The van der Waals surface area contributed by atoms with Crippen molar-refractivity contribution < 1.29 is 19.0 Å². The van der Waals surface area contributed by atoms with E-state index in [1.54, 1.807) is 12.1 Å². The smallest absolute Gasteiger partial charge is 0.251 e. The molecule has 26 heavy (non-hydrogen) atoms. The van der Waals surface area contributed by atoms with Crippen molar-refractivity contribution in [2.24, 2.45) is 0 Å². The first kappa shape index (κ1) is 16.5. The second-order valence-electron chi connectivity index (χ2n) is 5.81. The Morgan fingerprint density at radius 3 is 2.81 bits per heavy atom. The number of rotatable bonds is 5. The lowest BCUT2D eigenvalue weighted by Gasteiger charge is -2.09. The van der Waals surface area contributed by atoms with Gasteiger partial charge in [-0.3, -0.25) is 4.79 Å². The van der Waals surface area contributed by atoms with E-state index in [0.717, 1.165) is 16.5 Å². The Hall–Kier alpha value is -2.92. The fourth-order valence-corrected chi connectivity index (χ4v) is 3.06. The SMILES string of the molecule is O=C(NCCOc1ccc2ccccc2c1)c1cc(Cl)c2c(c1)OCO2. The van der Waals surface area contributed by atoms with E-state index in [1.807, 2.05) is 36.4 Å². The topological polar surface area (TPSA) is 56.8 Å². The fraction of sp³-hybridized carbons (Fsp3) is 0.150. The summed E-state index contributed by atoms with van der Waals surface area (Å²) in [7, 11) is 0. The van der Waals surface area contributed by atoms with E-state index in [4.69, 9.17) is 25.8 Å². The minimum Gasteiger partial charge on any atom is -0.492 e. The molecule has 0 fully saturated rings. The van der Waals surface area contributed by atoms with Gasteiger partial charge in [0.2, 0.25) is 6.79 Å². The largest absolute Gasteiger partial charge is 0.492 e. The van der Waals surface area contributed by atoms with Crippen molar-refractivity contribution in [1.82, 2.24) is 5.32 Å². The van der Waals surface area contributed by atoms with Gasteiger partial charge >= 0.3 is 0 Å². The van der Waals surface area contributed by atoms with E-state index in [9.17, 15) is 4.79 Å². The Labute approximate surface area is 155 Å². The van der Waals surface area contributed by atoms with Crippen molar-refractivity contribution in [2.45, 2.75) is 0 Å². The quantitative estimate of drug-likeness (QED) is 0.690. The lowest BCUT2D eigenvalue weighted by molar-refractivity contribution is 0.0946. The summed E-state index contributed by atoms with van der Waals surface area (Å²) >= 11 is 6.10. The van der Waals surface area contributed by atoms with Crippen molar-refractivity contribution in [3.05, 3.63) is 65.2 Å². The van der Waals surface area contributed by atoms with Crippen molar-refractivity contribution in [3.8, 4) is 17.2 Å². The van der Waals surface area contributed by atoms with Gasteiger partial charge in [-0.05, 0) is 35.0 Å². The normalized spacial score (nSPS) is 12.2. The van der Waals surface area contributed by atoms with Crippen molar-refractivity contribution in [1.29, 1.82) is 0 Å². The molecule has 1 aliphatic heterocycles. The van der Waals surface area contributed by atoms with Crippen LogP contribution in [0.15, 0.2) is 54.6 Å². The minimum atomic E-state index is -0.243. The van der Waals surface area contributed by atoms with Crippen molar-refractivity contribution >= 4 is 28.3 Å². The first-order valence-corrected chi connectivity index (χ1v) is 8.57. The summed E-state index contributed by atoms with van der Waals surface area (Å²) < 4.78 is 16.2. The van der Waals surface area contributed by atoms with Crippen LogP contribution in [-0.2, 0) is 0 Å². The highest BCUT2D eigenvalue weighted by Crippen LogP contribution is 2.39. The zero-order valence-corrected chi connectivity index (χ0v) is 14.6. The Balaban J connectivity index is 1.33. The highest BCUT2D eigenvalue weighted by Gasteiger charge is 2.20. The molecule has 0 bridgehead atoms. The van der Waals surface area contributed by atoms with Gasteiger partial charge in [0.25, 0.3) is 5.91 Å². The molecular weight excluding hydrogens is 354 g/mol. The van der Waals surface area contributed by atoms with Crippen molar-refractivity contribution in [3.63, 3.8) is 0 Å². The molecule has 3 aromatic rings. The first-order valence-electron chi connectivity index (χ1n) is 8.20. The summed E-state index contributed by atoms with van der Waals surface area (Å²) in [5.74, 6) is 1.48. The molecule has 0 saturated carbocycles. The average Bonchev–Trinajstić information content (AvgIpc) is 3.14. The zero-order valence-electron chi connectivity index (χ0n) is 13.8. The molecule has 1 amide bonds. The molecule has 132 valence electrons. The zero-order chi connectivity index (χ0) is 17.9. The third-order valence-electron chi connectivity index (χ3n) is 4.07. The number of carbonyl (C=O) groups excluding carboxylic acids is 1. The van der Waals surface area contributed by atoms with Gasteiger partial charge in [0.15, 0.2) is 11.5 Å². The maximum atomic E-state index is 12.3. The van der Waals surface area contributed by atoms with Gasteiger partial charge in [-0.15, -0.1) is 0 Å². The molecule has 0 spiro atoms. The van der Waals surface area contributed by atoms with E-state index >= 15 is 0 Å². The average molecular weight is 370 g/mol. The number of fused-ring (bicyclic) bond motifs is 2. The van der Waals surface area contributed by atoms with Crippen LogP contribution in [0, 0.1) is 0 Å². The second-order valence-corrected chi connectivity index (χ2v) is 6.21. The monoisotopic (exact) mass is 369 g/mol. The molecule has 5 nitrogen and oxygen atoms in total. The van der Waals surface area contributed by atoms with Gasteiger partial charge in [0.05, 0.1) is 11.6 Å². The van der Waals surface area contributed by atoms with Gasteiger partial charge in [0, 0.05) is 5.56 Å². The third-order valence-corrected chi connectivity index (χ3v) is 4.35. The molecule has 0 unspecified atom stereocenters. The number of amides is 1. The number of carbonyl (C=O) groups is 1. The van der Waals surface area contributed by atoms with E-state index in [2.05, 4.69) is 11.4 Å². The number of nitrogens with one attached hydrogen (secondary N) is 1. The maximum Gasteiger partial charge on any atom is 0.251 e. The van der Waals surface area contributed by atoms with Crippen LogP contribution in [0.3, 0.4) is 0 Å². The lowest BCUT2D eigenvalue weighted by atomic mass is 10.1. The Morgan fingerprint density at radius 1 is 1.08 bits per heavy atom. The molecule has 1 N–H and O–H groups in total. The third kappa shape index (κ3) is 3.39. The predicted molar refractivity (Wildman–Crippen MR) is 99.4 cm³/mol. The predicted octanol–water partition coefficient (Wildman–Crippen LogP) is 4.03. The molecular formula is C20H16ClNO4. The molecule has 1 heterocycles. The van der Waals surface area contributed by atoms with Gasteiger partial charge in [0.1, 0.15) is 12.4 Å². The van der Waals surface area contributed by atoms with Crippen LogP contribution >= 0.6 is 11.6 Å². The summed E-state index contributed by atoms with van der Waals surface area (Å²) in [6, 6.07) is 17.2. The Kier molecular flexibility index (Phi) is 4.54. The summed E-state index contributed by atoms with van der Waals surface area (Å²) in [5, 5.41) is 5.44. The summed E-state index contributed by atoms with van der Waals surface area (Å²) in [6.45, 7) is 0.847. The van der Waals surface area contributed by atoms with Crippen LogP contribution in [0.5, 0.6) is 17.2 Å². The molecule has 6 heteroatoms. The van der Waals surface area contributed by atoms with E-state index in [1.165, 1.54) is 0 Å². The Bertz CT molecular complexity index is 973.